The first-order valence-corrected chi connectivity index (χ1v) is 6.23. The number of methoxy groups -OCH3 is 3. The maximum absolute atomic E-state index is 5.25. The lowest BCUT2D eigenvalue weighted by Crippen LogP contribution is -2.07. The van der Waals surface area contributed by atoms with Gasteiger partial charge in [0, 0.05) is 26.0 Å². The summed E-state index contributed by atoms with van der Waals surface area (Å²) in [6.07, 6.45) is 1.21. The Hall–Kier alpha value is -1.98. The molecule has 0 radical (unpaired) electrons. The van der Waals surface area contributed by atoms with Crippen LogP contribution < -0.4 is 4.74 Å². The fourth-order valence-electron chi connectivity index (χ4n) is 2.00. The fraction of sp³-hybridized carbons (Fsp3) is 0.333. The number of hydrogen-bond donors (Lipinski definition) is 0. The average Bonchev–Trinajstić information content (AvgIpc) is 2.49. The van der Waals surface area contributed by atoms with Gasteiger partial charge in [0.05, 0.1) is 7.11 Å². The van der Waals surface area contributed by atoms with E-state index in [2.05, 4.69) is 9.97 Å². The molecule has 0 N–H and O–H groups in total. The van der Waals surface area contributed by atoms with E-state index in [0.29, 0.717) is 11.5 Å². The largest absolute Gasteiger partial charge is 0.496 e. The van der Waals surface area contributed by atoms with E-state index >= 15 is 0 Å². The molecule has 1 heterocycles. The van der Waals surface area contributed by atoms with Gasteiger partial charge in [-0.25, -0.2) is 9.97 Å². The lowest BCUT2D eigenvalue weighted by molar-refractivity contribution is -0.108. The molecule has 1 aromatic heterocycles. The highest BCUT2D eigenvalue weighted by Gasteiger charge is 2.12. The Kier molecular flexibility index (Phi) is 4.65. The van der Waals surface area contributed by atoms with E-state index in [1.807, 2.05) is 25.1 Å². The summed E-state index contributed by atoms with van der Waals surface area (Å²) in [6, 6.07) is 7.61. The average molecular weight is 274 g/mol. The highest BCUT2D eigenvalue weighted by Crippen LogP contribution is 2.25. The SMILES string of the molecule is COc1ccc(-c2nccc(C(OC)OC)n2)cc1C. The lowest BCUT2D eigenvalue weighted by atomic mass is 10.1. The Labute approximate surface area is 118 Å². The smallest absolute Gasteiger partial charge is 0.200 e. The van der Waals surface area contributed by atoms with Crippen molar-refractivity contribution in [2.45, 2.75) is 13.2 Å². The molecule has 0 aliphatic carbocycles. The molecule has 106 valence electrons. The van der Waals surface area contributed by atoms with Crippen molar-refractivity contribution in [1.29, 1.82) is 0 Å². The molecule has 0 amide bonds. The molecule has 0 aliphatic rings. The van der Waals surface area contributed by atoms with Gasteiger partial charge in [-0.15, -0.1) is 0 Å². The minimum Gasteiger partial charge on any atom is -0.496 e. The first-order valence-electron chi connectivity index (χ1n) is 6.23. The quantitative estimate of drug-likeness (QED) is 0.785. The molecule has 0 spiro atoms. The van der Waals surface area contributed by atoms with Gasteiger partial charge in [-0.05, 0) is 36.8 Å². The minimum absolute atomic E-state index is 0.490. The number of rotatable bonds is 5. The molecule has 0 atom stereocenters. The van der Waals surface area contributed by atoms with Gasteiger partial charge < -0.3 is 14.2 Å². The van der Waals surface area contributed by atoms with Crippen LogP contribution in [-0.2, 0) is 9.47 Å². The van der Waals surface area contributed by atoms with Crippen molar-refractivity contribution in [2.24, 2.45) is 0 Å². The molecule has 1 aromatic carbocycles. The minimum atomic E-state index is -0.490. The molecule has 5 heteroatoms. The Bertz CT molecular complexity index is 583. The number of aryl methyl sites for hydroxylation is 1. The molecule has 0 fully saturated rings. The van der Waals surface area contributed by atoms with E-state index in [1.165, 1.54) is 0 Å². The van der Waals surface area contributed by atoms with Gasteiger partial charge in [0.15, 0.2) is 5.82 Å². The fourth-order valence-corrected chi connectivity index (χ4v) is 2.00. The zero-order chi connectivity index (χ0) is 14.5. The molecule has 2 rings (SSSR count). The first-order chi connectivity index (χ1) is 9.69. The first kappa shape index (κ1) is 14.4. The molecule has 0 unspecified atom stereocenters. The van der Waals surface area contributed by atoms with Crippen molar-refractivity contribution in [3.63, 3.8) is 0 Å². The van der Waals surface area contributed by atoms with Crippen molar-refractivity contribution in [2.75, 3.05) is 21.3 Å². The highest BCUT2D eigenvalue weighted by atomic mass is 16.7. The number of ether oxygens (including phenoxy) is 3. The third-order valence-corrected chi connectivity index (χ3v) is 3.00. The zero-order valence-corrected chi connectivity index (χ0v) is 12.1. The summed E-state index contributed by atoms with van der Waals surface area (Å²) in [5.74, 6) is 1.48. The standard InChI is InChI=1S/C15H18N2O3/c1-10-9-11(5-6-13(10)18-2)14-16-8-7-12(17-14)15(19-3)20-4/h5-9,15H,1-4H3. The molecule has 2 aromatic rings. The summed E-state index contributed by atoms with van der Waals surface area (Å²) in [5.41, 5.74) is 2.65. The van der Waals surface area contributed by atoms with Gasteiger partial charge in [0.2, 0.25) is 6.29 Å². The molecule has 0 saturated heterocycles. The van der Waals surface area contributed by atoms with Crippen molar-refractivity contribution >= 4 is 0 Å². The second kappa shape index (κ2) is 6.45. The maximum atomic E-state index is 5.25. The molecular formula is C15H18N2O3. The summed E-state index contributed by atoms with van der Waals surface area (Å²) < 4.78 is 15.7. The Balaban J connectivity index is 2.38. The number of aromatic nitrogens is 2. The molecular weight excluding hydrogens is 256 g/mol. The number of hydrogen-bond acceptors (Lipinski definition) is 5. The van der Waals surface area contributed by atoms with Gasteiger partial charge in [-0.2, -0.15) is 0 Å². The van der Waals surface area contributed by atoms with Crippen LogP contribution in [0.2, 0.25) is 0 Å². The van der Waals surface area contributed by atoms with Crippen LogP contribution in [-0.4, -0.2) is 31.3 Å². The van der Waals surface area contributed by atoms with Crippen LogP contribution in [0.5, 0.6) is 5.75 Å². The number of nitrogens with zero attached hydrogens (tertiary/aromatic N) is 2. The van der Waals surface area contributed by atoms with Crippen LogP contribution in [0.3, 0.4) is 0 Å². The molecule has 20 heavy (non-hydrogen) atoms. The van der Waals surface area contributed by atoms with E-state index in [-0.39, 0.29) is 0 Å². The van der Waals surface area contributed by atoms with Crippen LogP contribution in [0, 0.1) is 6.92 Å². The van der Waals surface area contributed by atoms with Crippen LogP contribution in [0.15, 0.2) is 30.5 Å². The van der Waals surface area contributed by atoms with Crippen LogP contribution in [0.25, 0.3) is 11.4 Å². The van der Waals surface area contributed by atoms with Gasteiger partial charge in [0.1, 0.15) is 11.4 Å². The summed E-state index contributed by atoms with van der Waals surface area (Å²) in [5, 5.41) is 0. The second-order valence-electron chi connectivity index (χ2n) is 4.29. The van der Waals surface area contributed by atoms with Crippen molar-refractivity contribution in [3.05, 3.63) is 41.7 Å². The van der Waals surface area contributed by atoms with Gasteiger partial charge in [-0.1, -0.05) is 0 Å². The normalized spacial score (nSPS) is 10.8. The van der Waals surface area contributed by atoms with E-state index in [1.54, 1.807) is 33.6 Å². The van der Waals surface area contributed by atoms with Crippen molar-refractivity contribution in [3.8, 4) is 17.1 Å². The highest BCUT2D eigenvalue weighted by molar-refractivity contribution is 5.58. The number of benzene rings is 1. The Morgan fingerprint density at radius 1 is 1.05 bits per heavy atom. The van der Waals surface area contributed by atoms with Crippen molar-refractivity contribution in [1.82, 2.24) is 9.97 Å². The molecule has 5 nitrogen and oxygen atoms in total. The van der Waals surface area contributed by atoms with Gasteiger partial charge in [-0.3, -0.25) is 0 Å². The topological polar surface area (TPSA) is 53.5 Å². The summed E-state index contributed by atoms with van der Waals surface area (Å²) in [7, 11) is 4.81. The van der Waals surface area contributed by atoms with E-state index in [0.717, 1.165) is 16.9 Å². The summed E-state index contributed by atoms with van der Waals surface area (Å²) >= 11 is 0. The Morgan fingerprint density at radius 2 is 1.80 bits per heavy atom. The van der Waals surface area contributed by atoms with Gasteiger partial charge >= 0.3 is 0 Å². The maximum Gasteiger partial charge on any atom is 0.200 e. The van der Waals surface area contributed by atoms with Crippen LogP contribution >= 0.6 is 0 Å². The van der Waals surface area contributed by atoms with Gasteiger partial charge in [0.25, 0.3) is 0 Å². The monoisotopic (exact) mass is 274 g/mol. The second-order valence-corrected chi connectivity index (χ2v) is 4.29. The van der Waals surface area contributed by atoms with Crippen LogP contribution in [0.1, 0.15) is 17.5 Å². The van der Waals surface area contributed by atoms with E-state index in [4.69, 9.17) is 14.2 Å². The predicted octanol–water partition coefficient (Wildman–Crippen LogP) is 2.75. The third-order valence-electron chi connectivity index (χ3n) is 3.00. The Morgan fingerprint density at radius 3 is 2.40 bits per heavy atom. The van der Waals surface area contributed by atoms with Crippen LogP contribution in [0.4, 0.5) is 0 Å². The molecule has 0 aliphatic heterocycles. The predicted molar refractivity (Wildman–Crippen MR) is 75.5 cm³/mol. The molecule has 0 bridgehead atoms. The third kappa shape index (κ3) is 2.95. The molecule has 0 saturated carbocycles. The van der Waals surface area contributed by atoms with E-state index < -0.39 is 6.29 Å². The summed E-state index contributed by atoms with van der Waals surface area (Å²) in [6.45, 7) is 1.99. The summed E-state index contributed by atoms with van der Waals surface area (Å²) in [4.78, 5) is 8.77. The lowest BCUT2D eigenvalue weighted by Gasteiger charge is -2.13. The van der Waals surface area contributed by atoms with E-state index in [9.17, 15) is 0 Å². The zero-order valence-electron chi connectivity index (χ0n) is 12.1. The van der Waals surface area contributed by atoms with Crippen molar-refractivity contribution < 1.29 is 14.2 Å².